The smallest absolute Gasteiger partial charge is 0.255 e. The lowest BCUT2D eigenvalue weighted by Gasteiger charge is -2.32. The Bertz CT molecular complexity index is 920. The maximum absolute atomic E-state index is 13.1. The molecule has 1 N–H and O–H groups in total. The van der Waals surface area contributed by atoms with Crippen molar-refractivity contribution in [2.75, 3.05) is 18.4 Å². The van der Waals surface area contributed by atoms with Gasteiger partial charge >= 0.3 is 0 Å². The van der Waals surface area contributed by atoms with Gasteiger partial charge in [0, 0.05) is 18.8 Å². The molecule has 0 saturated carbocycles. The van der Waals surface area contributed by atoms with Gasteiger partial charge in [-0.15, -0.1) is 0 Å². The minimum absolute atomic E-state index is 0.0746. The monoisotopic (exact) mass is 386 g/mol. The molecule has 4 nitrogen and oxygen atoms in total. The molecule has 1 saturated heterocycles. The predicted octanol–water partition coefficient (Wildman–Crippen LogP) is 5.25. The summed E-state index contributed by atoms with van der Waals surface area (Å²) in [6.07, 6.45) is 1.94. The molecule has 4 heteroatoms. The average Bonchev–Trinajstić information content (AvgIpc) is 2.79. The molecule has 0 radical (unpaired) electrons. The normalized spacial score (nSPS) is 14.6. The van der Waals surface area contributed by atoms with Crippen LogP contribution in [0.4, 0.5) is 11.4 Å². The summed E-state index contributed by atoms with van der Waals surface area (Å²) in [5, 5.41) is 3.37. The fraction of sp³-hybridized carbons (Fsp3) is 0.240. The maximum atomic E-state index is 13.1. The van der Waals surface area contributed by atoms with E-state index in [9.17, 15) is 4.79 Å². The second-order valence-corrected chi connectivity index (χ2v) is 7.32. The van der Waals surface area contributed by atoms with Crippen LogP contribution in [0.15, 0.2) is 84.9 Å². The number of carbonyl (C=O) groups excluding carboxylic acids is 1. The lowest BCUT2D eigenvalue weighted by molar-refractivity contribution is -0.000355. The van der Waals surface area contributed by atoms with E-state index < -0.39 is 0 Å². The van der Waals surface area contributed by atoms with E-state index >= 15 is 0 Å². The molecule has 0 atom stereocenters. The van der Waals surface area contributed by atoms with Gasteiger partial charge in [-0.3, -0.25) is 4.79 Å². The van der Waals surface area contributed by atoms with Crippen LogP contribution in [0.1, 0.15) is 28.8 Å². The number of para-hydroxylation sites is 2. The van der Waals surface area contributed by atoms with Gasteiger partial charge in [-0.05, 0) is 42.7 Å². The molecule has 4 rings (SSSR count). The highest BCUT2D eigenvalue weighted by molar-refractivity contribution is 6.00. The van der Waals surface area contributed by atoms with Crippen molar-refractivity contribution < 1.29 is 9.53 Å². The molecule has 1 aliphatic rings. The fourth-order valence-electron chi connectivity index (χ4n) is 3.64. The molecule has 3 aromatic carbocycles. The molecule has 0 aromatic heterocycles. The summed E-state index contributed by atoms with van der Waals surface area (Å²) < 4.78 is 6.06. The molecule has 1 aliphatic heterocycles. The Kier molecular flexibility index (Phi) is 6.22. The average molecular weight is 386 g/mol. The van der Waals surface area contributed by atoms with Gasteiger partial charge in [0.1, 0.15) is 0 Å². The van der Waals surface area contributed by atoms with Gasteiger partial charge in [0.05, 0.1) is 24.0 Å². The summed E-state index contributed by atoms with van der Waals surface area (Å²) >= 11 is 0. The van der Waals surface area contributed by atoms with Crippen LogP contribution >= 0.6 is 0 Å². The molecular formula is C25H26N2O2. The van der Waals surface area contributed by atoms with Crippen LogP contribution in [0.2, 0.25) is 0 Å². The molecular weight excluding hydrogens is 360 g/mol. The Labute approximate surface area is 172 Å². The van der Waals surface area contributed by atoms with E-state index in [-0.39, 0.29) is 12.0 Å². The number of carbonyl (C=O) groups is 1. The van der Waals surface area contributed by atoms with E-state index in [1.807, 2.05) is 77.7 Å². The highest BCUT2D eigenvalue weighted by Gasteiger charge is 2.25. The quantitative estimate of drug-likeness (QED) is 0.629. The van der Waals surface area contributed by atoms with Gasteiger partial charge < -0.3 is 15.0 Å². The third-order valence-corrected chi connectivity index (χ3v) is 5.27. The molecule has 1 fully saturated rings. The van der Waals surface area contributed by atoms with Gasteiger partial charge in [0.2, 0.25) is 0 Å². The second kappa shape index (κ2) is 9.39. The number of rotatable bonds is 6. The lowest BCUT2D eigenvalue weighted by Crippen LogP contribution is -2.41. The van der Waals surface area contributed by atoms with E-state index in [0.29, 0.717) is 12.2 Å². The van der Waals surface area contributed by atoms with Gasteiger partial charge in [0.15, 0.2) is 0 Å². The molecule has 0 bridgehead atoms. The number of benzene rings is 3. The summed E-state index contributed by atoms with van der Waals surface area (Å²) in [6, 6.07) is 27.9. The summed E-state index contributed by atoms with van der Waals surface area (Å²) in [4.78, 5) is 15.1. The minimum atomic E-state index is 0.0746. The fourth-order valence-corrected chi connectivity index (χ4v) is 3.64. The van der Waals surface area contributed by atoms with Crippen molar-refractivity contribution in [3.05, 3.63) is 96.1 Å². The molecule has 3 aromatic rings. The SMILES string of the molecule is O=C(c1ccccc1Nc1ccccc1)N1CCC(OCc2ccccc2)CC1. The Morgan fingerprint density at radius 2 is 1.48 bits per heavy atom. The van der Waals surface area contributed by atoms with E-state index in [1.54, 1.807) is 0 Å². The number of hydrogen-bond acceptors (Lipinski definition) is 3. The third kappa shape index (κ3) is 5.04. The van der Waals surface area contributed by atoms with Crippen LogP contribution in [0.5, 0.6) is 0 Å². The minimum Gasteiger partial charge on any atom is -0.373 e. The first-order valence-electron chi connectivity index (χ1n) is 10.2. The van der Waals surface area contributed by atoms with Crippen LogP contribution < -0.4 is 5.32 Å². The molecule has 148 valence electrons. The number of nitrogens with zero attached hydrogens (tertiary/aromatic N) is 1. The standard InChI is InChI=1S/C25H26N2O2/c28-25(23-13-7-8-14-24(23)26-21-11-5-2-6-12-21)27-17-15-22(16-18-27)29-19-20-9-3-1-4-10-20/h1-14,22,26H,15-19H2. The maximum Gasteiger partial charge on any atom is 0.255 e. The van der Waals surface area contributed by atoms with E-state index in [2.05, 4.69) is 17.4 Å². The predicted molar refractivity (Wildman–Crippen MR) is 116 cm³/mol. The Hall–Kier alpha value is -3.11. The highest BCUT2D eigenvalue weighted by atomic mass is 16.5. The third-order valence-electron chi connectivity index (χ3n) is 5.27. The van der Waals surface area contributed by atoms with Gasteiger partial charge in [-0.2, -0.15) is 0 Å². The van der Waals surface area contributed by atoms with Crippen molar-refractivity contribution in [3.8, 4) is 0 Å². The van der Waals surface area contributed by atoms with Crippen molar-refractivity contribution in [1.82, 2.24) is 4.90 Å². The Balaban J connectivity index is 1.35. The second-order valence-electron chi connectivity index (χ2n) is 7.32. The topological polar surface area (TPSA) is 41.6 Å². The molecule has 1 amide bonds. The number of anilines is 2. The molecule has 1 heterocycles. The number of nitrogens with one attached hydrogen (secondary N) is 1. The zero-order valence-electron chi connectivity index (χ0n) is 16.5. The van der Waals surface area contributed by atoms with Crippen molar-refractivity contribution in [2.24, 2.45) is 0 Å². The zero-order chi connectivity index (χ0) is 19.9. The molecule has 0 unspecified atom stereocenters. The lowest BCUT2D eigenvalue weighted by atomic mass is 10.0. The Morgan fingerprint density at radius 1 is 0.862 bits per heavy atom. The zero-order valence-corrected chi connectivity index (χ0v) is 16.5. The van der Waals surface area contributed by atoms with Crippen molar-refractivity contribution in [2.45, 2.75) is 25.6 Å². The number of ether oxygens (including phenoxy) is 1. The van der Waals surface area contributed by atoms with Crippen LogP contribution in [0, 0.1) is 0 Å². The van der Waals surface area contributed by atoms with Crippen LogP contribution in [-0.2, 0) is 11.3 Å². The van der Waals surface area contributed by atoms with Gasteiger partial charge in [-0.1, -0.05) is 60.7 Å². The number of likely N-dealkylation sites (tertiary alicyclic amines) is 1. The van der Waals surface area contributed by atoms with Crippen molar-refractivity contribution in [3.63, 3.8) is 0 Å². The molecule has 0 aliphatic carbocycles. The van der Waals surface area contributed by atoms with Crippen molar-refractivity contribution >= 4 is 17.3 Å². The van der Waals surface area contributed by atoms with Gasteiger partial charge in [0.25, 0.3) is 5.91 Å². The molecule has 29 heavy (non-hydrogen) atoms. The van der Waals surface area contributed by atoms with Crippen LogP contribution in [0.3, 0.4) is 0 Å². The summed E-state index contributed by atoms with van der Waals surface area (Å²) in [6.45, 7) is 2.07. The first kappa shape index (κ1) is 19.2. The first-order valence-corrected chi connectivity index (χ1v) is 10.2. The summed E-state index contributed by atoms with van der Waals surface area (Å²) in [7, 11) is 0. The number of piperidine rings is 1. The van der Waals surface area contributed by atoms with Crippen LogP contribution in [0.25, 0.3) is 0 Å². The summed E-state index contributed by atoms with van der Waals surface area (Å²) in [5.41, 5.74) is 3.71. The van der Waals surface area contributed by atoms with Crippen molar-refractivity contribution in [1.29, 1.82) is 0 Å². The van der Waals surface area contributed by atoms with E-state index in [1.165, 1.54) is 5.56 Å². The Morgan fingerprint density at radius 3 is 2.21 bits per heavy atom. The van der Waals surface area contributed by atoms with Crippen LogP contribution in [-0.4, -0.2) is 30.0 Å². The first-order chi connectivity index (χ1) is 14.3. The van der Waals surface area contributed by atoms with Gasteiger partial charge in [-0.25, -0.2) is 0 Å². The van der Waals surface area contributed by atoms with E-state index in [4.69, 9.17) is 4.74 Å². The summed E-state index contributed by atoms with van der Waals surface area (Å²) in [5.74, 6) is 0.0746. The largest absolute Gasteiger partial charge is 0.373 e. The number of hydrogen-bond donors (Lipinski definition) is 1. The highest BCUT2D eigenvalue weighted by Crippen LogP contribution is 2.24. The molecule has 0 spiro atoms. The van der Waals surface area contributed by atoms with E-state index in [0.717, 1.165) is 37.3 Å². The number of amides is 1.